The van der Waals surface area contributed by atoms with Crippen LogP contribution in [-0.2, 0) is 0 Å². The first kappa shape index (κ1) is 12.4. The molecule has 0 unspecified atom stereocenters. The molecule has 1 heterocycles. The number of hydrogen-bond donors (Lipinski definition) is 1. The number of rotatable bonds is 2. The van der Waals surface area contributed by atoms with Crippen LogP contribution in [0.3, 0.4) is 0 Å². The summed E-state index contributed by atoms with van der Waals surface area (Å²) in [7, 11) is 0. The van der Waals surface area contributed by atoms with Crippen molar-refractivity contribution in [2.75, 3.05) is 5.73 Å². The van der Waals surface area contributed by atoms with Crippen molar-refractivity contribution in [2.45, 2.75) is 0 Å². The molecule has 3 rings (SSSR count). The summed E-state index contributed by atoms with van der Waals surface area (Å²) in [6, 6.07) is 13.1. The van der Waals surface area contributed by atoms with Crippen LogP contribution in [-0.4, -0.2) is 5.78 Å². The van der Waals surface area contributed by atoms with Gasteiger partial charge in [0.2, 0.25) is 0 Å². The van der Waals surface area contributed by atoms with Gasteiger partial charge in [-0.25, -0.2) is 0 Å². The Hall–Kier alpha value is -1.65. The minimum Gasteiger partial charge on any atom is -0.398 e. The summed E-state index contributed by atoms with van der Waals surface area (Å²) in [5.74, 6) is -0.0353. The van der Waals surface area contributed by atoms with E-state index in [9.17, 15) is 4.79 Å². The van der Waals surface area contributed by atoms with Crippen LogP contribution >= 0.6 is 27.3 Å². The van der Waals surface area contributed by atoms with E-state index in [-0.39, 0.29) is 5.78 Å². The first-order valence-electron chi connectivity index (χ1n) is 5.73. The first-order valence-corrected chi connectivity index (χ1v) is 7.40. The monoisotopic (exact) mass is 331 g/mol. The highest BCUT2D eigenvalue weighted by atomic mass is 79.9. The molecular weight excluding hydrogens is 322 g/mol. The van der Waals surface area contributed by atoms with Crippen LogP contribution in [0, 0.1) is 0 Å². The lowest BCUT2D eigenvalue weighted by molar-refractivity contribution is 0.104. The van der Waals surface area contributed by atoms with E-state index in [0.29, 0.717) is 16.8 Å². The van der Waals surface area contributed by atoms with E-state index < -0.39 is 0 Å². The number of thiophene rings is 1. The second-order valence-electron chi connectivity index (χ2n) is 4.21. The third kappa shape index (κ3) is 2.17. The van der Waals surface area contributed by atoms with Gasteiger partial charge in [-0.2, -0.15) is 0 Å². The number of hydrogen-bond acceptors (Lipinski definition) is 3. The van der Waals surface area contributed by atoms with Crippen LogP contribution in [0.4, 0.5) is 5.69 Å². The highest BCUT2D eigenvalue weighted by molar-refractivity contribution is 9.10. The molecule has 3 aromatic rings. The zero-order valence-electron chi connectivity index (χ0n) is 9.89. The Morgan fingerprint density at radius 1 is 1.11 bits per heavy atom. The fraction of sp³-hybridized carbons (Fsp3) is 0. The molecule has 0 saturated carbocycles. The maximum Gasteiger partial charge on any atom is 0.196 e. The normalized spacial score (nSPS) is 10.8. The number of carbonyl (C=O) groups is 1. The van der Waals surface area contributed by atoms with Crippen molar-refractivity contribution in [2.24, 2.45) is 0 Å². The topological polar surface area (TPSA) is 43.1 Å². The molecule has 94 valence electrons. The standard InChI is InChI=1S/C15H10BrNOS/c16-10-4-5-13(17)12(8-10)14(18)11-3-1-2-9-6-7-19-15(9)11/h1-8H,17H2. The summed E-state index contributed by atoms with van der Waals surface area (Å²) in [5, 5.41) is 3.08. The van der Waals surface area contributed by atoms with Crippen molar-refractivity contribution in [1.29, 1.82) is 0 Å². The number of benzene rings is 2. The lowest BCUT2D eigenvalue weighted by Gasteiger charge is -2.06. The number of halogens is 1. The van der Waals surface area contributed by atoms with Crippen LogP contribution in [0.15, 0.2) is 52.3 Å². The van der Waals surface area contributed by atoms with E-state index in [1.165, 1.54) is 0 Å². The smallest absolute Gasteiger partial charge is 0.196 e. The Kier molecular flexibility index (Phi) is 3.12. The zero-order valence-corrected chi connectivity index (χ0v) is 12.3. The number of nitrogens with two attached hydrogens (primary N) is 1. The van der Waals surface area contributed by atoms with Crippen molar-refractivity contribution in [3.05, 3.63) is 63.4 Å². The summed E-state index contributed by atoms with van der Waals surface area (Å²) in [6.45, 7) is 0. The maximum absolute atomic E-state index is 12.6. The summed E-state index contributed by atoms with van der Waals surface area (Å²) in [5.41, 5.74) is 7.65. The van der Waals surface area contributed by atoms with E-state index >= 15 is 0 Å². The Morgan fingerprint density at radius 3 is 2.79 bits per heavy atom. The Labute approximate surface area is 123 Å². The average molecular weight is 332 g/mol. The van der Waals surface area contributed by atoms with Gasteiger partial charge in [0.1, 0.15) is 0 Å². The van der Waals surface area contributed by atoms with E-state index in [4.69, 9.17) is 5.73 Å². The Balaban J connectivity index is 2.19. The summed E-state index contributed by atoms with van der Waals surface area (Å²) in [6.07, 6.45) is 0. The van der Waals surface area contributed by atoms with Crippen LogP contribution < -0.4 is 5.73 Å². The summed E-state index contributed by atoms with van der Waals surface area (Å²) >= 11 is 4.95. The molecule has 0 aliphatic carbocycles. The van der Waals surface area contributed by atoms with Crippen molar-refractivity contribution < 1.29 is 4.79 Å². The van der Waals surface area contributed by atoms with Gasteiger partial charge in [0.05, 0.1) is 0 Å². The SMILES string of the molecule is Nc1ccc(Br)cc1C(=O)c1cccc2ccsc12. The minimum absolute atomic E-state index is 0.0353. The van der Waals surface area contributed by atoms with Gasteiger partial charge in [-0.3, -0.25) is 4.79 Å². The molecule has 0 bridgehead atoms. The average Bonchev–Trinajstić information content (AvgIpc) is 2.89. The minimum atomic E-state index is -0.0353. The quantitative estimate of drug-likeness (QED) is 0.555. The Bertz CT molecular complexity index is 779. The maximum atomic E-state index is 12.6. The Morgan fingerprint density at radius 2 is 1.95 bits per heavy atom. The molecule has 0 atom stereocenters. The van der Waals surface area contributed by atoms with Gasteiger partial charge in [-0.15, -0.1) is 11.3 Å². The molecule has 2 nitrogen and oxygen atoms in total. The molecule has 0 fully saturated rings. The fourth-order valence-corrected chi connectivity index (χ4v) is 3.31. The number of anilines is 1. The van der Waals surface area contributed by atoms with Crippen molar-refractivity contribution in [3.8, 4) is 0 Å². The molecule has 0 saturated heterocycles. The molecule has 0 spiro atoms. The van der Waals surface area contributed by atoms with Crippen molar-refractivity contribution in [1.82, 2.24) is 0 Å². The van der Waals surface area contributed by atoms with E-state index in [1.807, 2.05) is 35.7 Å². The number of ketones is 1. The molecule has 2 aromatic carbocycles. The number of nitrogen functional groups attached to an aromatic ring is 1. The summed E-state index contributed by atoms with van der Waals surface area (Å²) < 4.78 is 1.86. The summed E-state index contributed by atoms with van der Waals surface area (Å²) in [4.78, 5) is 12.6. The van der Waals surface area contributed by atoms with Crippen LogP contribution in [0.5, 0.6) is 0 Å². The van der Waals surface area contributed by atoms with Gasteiger partial charge >= 0.3 is 0 Å². The van der Waals surface area contributed by atoms with Crippen molar-refractivity contribution >= 4 is 48.8 Å². The predicted molar refractivity (Wildman–Crippen MR) is 83.8 cm³/mol. The molecule has 0 radical (unpaired) electrons. The van der Waals surface area contributed by atoms with E-state index in [1.54, 1.807) is 23.5 Å². The lowest BCUT2D eigenvalue weighted by atomic mass is 10.0. The predicted octanol–water partition coefficient (Wildman–Crippen LogP) is 4.48. The highest BCUT2D eigenvalue weighted by Gasteiger charge is 2.16. The van der Waals surface area contributed by atoms with Crippen LogP contribution in [0.2, 0.25) is 0 Å². The highest BCUT2D eigenvalue weighted by Crippen LogP contribution is 2.28. The van der Waals surface area contributed by atoms with Gasteiger partial charge in [-0.05, 0) is 41.1 Å². The fourth-order valence-electron chi connectivity index (χ4n) is 2.04. The van der Waals surface area contributed by atoms with Crippen molar-refractivity contribution in [3.63, 3.8) is 0 Å². The molecule has 19 heavy (non-hydrogen) atoms. The molecule has 4 heteroatoms. The zero-order chi connectivity index (χ0) is 13.4. The number of fused-ring (bicyclic) bond motifs is 1. The third-order valence-corrected chi connectivity index (χ3v) is 4.44. The largest absolute Gasteiger partial charge is 0.398 e. The molecule has 2 N–H and O–H groups in total. The van der Waals surface area contributed by atoms with Gasteiger partial charge in [0, 0.05) is 26.0 Å². The molecule has 0 aliphatic rings. The molecule has 0 amide bonds. The third-order valence-electron chi connectivity index (χ3n) is 2.98. The molecule has 0 aliphatic heterocycles. The first-order chi connectivity index (χ1) is 9.16. The van der Waals surface area contributed by atoms with Gasteiger partial charge in [0.15, 0.2) is 5.78 Å². The lowest BCUT2D eigenvalue weighted by Crippen LogP contribution is -2.05. The second-order valence-corrected chi connectivity index (χ2v) is 6.04. The van der Waals surface area contributed by atoms with Gasteiger partial charge in [0.25, 0.3) is 0 Å². The molecule has 1 aromatic heterocycles. The molecular formula is C15H10BrNOS. The van der Waals surface area contributed by atoms with Gasteiger partial charge in [-0.1, -0.05) is 28.1 Å². The van der Waals surface area contributed by atoms with E-state index in [0.717, 1.165) is 14.6 Å². The van der Waals surface area contributed by atoms with Crippen LogP contribution in [0.25, 0.3) is 10.1 Å². The second kappa shape index (κ2) is 4.79. The van der Waals surface area contributed by atoms with Crippen LogP contribution in [0.1, 0.15) is 15.9 Å². The number of carbonyl (C=O) groups excluding carboxylic acids is 1. The van der Waals surface area contributed by atoms with E-state index in [2.05, 4.69) is 15.9 Å². The van der Waals surface area contributed by atoms with Gasteiger partial charge < -0.3 is 5.73 Å².